The van der Waals surface area contributed by atoms with Crippen LogP contribution >= 0.6 is 23.2 Å². The third-order valence-corrected chi connectivity index (χ3v) is 2.61. The van der Waals surface area contributed by atoms with E-state index in [1.54, 1.807) is 0 Å². The highest BCUT2D eigenvalue weighted by atomic mass is 35.5. The molecule has 1 aromatic rings. The van der Waals surface area contributed by atoms with Gasteiger partial charge in [0, 0.05) is 19.2 Å². The van der Waals surface area contributed by atoms with E-state index in [4.69, 9.17) is 29.6 Å². The maximum atomic E-state index is 11.7. The Morgan fingerprint density at radius 2 is 2.24 bits per heavy atom. The van der Waals surface area contributed by atoms with Gasteiger partial charge in [-0.1, -0.05) is 23.2 Å². The van der Waals surface area contributed by atoms with E-state index in [-0.39, 0.29) is 16.1 Å². The molecule has 1 amide bonds. The monoisotopic (exact) mass is 270 g/mol. The number of nitrogens with one attached hydrogen (secondary N) is 1. The molecule has 3 nitrogen and oxygen atoms in total. The summed E-state index contributed by atoms with van der Waals surface area (Å²) in [5.74, 6) is 2.29. The van der Waals surface area contributed by atoms with Gasteiger partial charge in [0.1, 0.15) is 5.15 Å². The highest BCUT2D eigenvalue weighted by molar-refractivity contribution is 6.35. The number of pyridine rings is 1. The first kappa shape index (κ1) is 13.8. The summed E-state index contributed by atoms with van der Waals surface area (Å²) in [6.07, 6.45) is 8.93. The first-order valence-corrected chi connectivity index (χ1v) is 5.93. The van der Waals surface area contributed by atoms with Crippen LogP contribution in [-0.2, 0) is 0 Å². The normalized spacial score (nSPS) is 9.71. The third kappa shape index (κ3) is 4.64. The Morgan fingerprint density at radius 1 is 1.47 bits per heavy atom. The smallest absolute Gasteiger partial charge is 0.252 e. The summed E-state index contributed by atoms with van der Waals surface area (Å²) in [5.41, 5.74) is 0.337. The molecule has 0 saturated carbocycles. The highest BCUT2D eigenvalue weighted by Crippen LogP contribution is 2.17. The quantitative estimate of drug-likeness (QED) is 0.508. The Hall–Kier alpha value is -1.24. The molecule has 0 aliphatic rings. The third-order valence-electron chi connectivity index (χ3n) is 2.10. The number of terminal acetylenes is 1. The molecule has 0 fully saturated rings. The molecule has 5 heteroatoms. The fourth-order valence-corrected chi connectivity index (χ4v) is 1.58. The number of hydrogen-bond donors (Lipinski definition) is 1. The summed E-state index contributed by atoms with van der Waals surface area (Å²) >= 11 is 11.5. The average molecular weight is 271 g/mol. The fourth-order valence-electron chi connectivity index (χ4n) is 1.24. The summed E-state index contributed by atoms with van der Waals surface area (Å²) < 4.78 is 0. The van der Waals surface area contributed by atoms with Crippen LogP contribution in [0.3, 0.4) is 0 Å². The van der Waals surface area contributed by atoms with Crippen LogP contribution in [0.25, 0.3) is 0 Å². The van der Waals surface area contributed by atoms with Crippen molar-refractivity contribution in [1.82, 2.24) is 10.3 Å². The van der Waals surface area contributed by atoms with Crippen LogP contribution in [0, 0.1) is 12.3 Å². The number of rotatable bonds is 5. The second kappa shape index (κ2) is 7.16. The van der Waals surface area contributed by atoms with Gasteiger partial charge in [-0.3, -0.25) is 4.79 Å². The van der Waals surface area contributed by atoms with Crippen LogP contribution in [0.5, 0.6) is 0 Å². The van der Waals surface area contributed by atoms with Gasteiger partial charge < -0.3 is 5.32 Å². The van der Waals surface area contributed by atoms with E-state index in [0.29, 0.717) is 12.1 Å². The molecule has 0 unspecified atom stereocenters. The number of nitrogens with zero attached hydrogens (tertiary/aromatic N) is 1. The molecule has 0 aliphatic carbocycles. The number of aromatic nitrogens is 1. The Labute approximate surface area is 111 Å². The number of halogens is 2. The highest BCUT2D eigenvalue weighted by Gasteiger charge is 2.10. The molecule has 90 valence electrons. The van der Waals surface area contributed by atoms with Gasteiger partial charge in [0.05, 0.1) is 10.6 Å². The van der Waals surface area contributed by atoms with Crippen molar-refractivity contribution in [2.24, 2.45) is 0 Å². The lowest BCUT2D eigenvalue weighted by atomic mass is 10.2. The lowest BCUT2D eigenvalue weighted by Gasteiger charge is -2.06. The van der Waals surface area contributed by atoms with E-state index >= 15 is 0 Å². The van der Waals surface area contributed by atoms with E-state index < -0.39 is 0 Å². The van der Waals surface area contributed by atoms with Gasteiger partial charge in [0.25, 0.3) is 5.91 Å². The molecule has 0 saturated heterocycles. The molecular formula is C12H12Cl2N2O. The zero-order valence-electron chi connectivity index (χ0n) is 9.17. The molecule has 0 aromatic carbocycles. The standard InChI is InChI=1S/C12H12Cl2N2O/c1-2-3-4-5-6-15-12(17)9-7-11(14)16-8-10(9)13/h1,7-8H,3-6H2,(H,15,17). The fraction of sp³-hybridized carbons (Fsp3) is 0.333. The van der Waals surface area contributed by atoms with Gasteiger partial charge in [0.15, 0.2) is 0 Å². The molecule has 0 radical (unpaired) electrons. The van der Waals surface area contributed by atoms with Crippen molar-refractivity contribution in [3.63, 3.8) is 0 Å². The van der Waals surface area contributed by atoms with Crippen LogP contribution in [0.15, 0.2) is 12.3 Å². The summed E-state index contributed by atoms with van der Waals surface area (Å²) in [5, 5.41) is 3.28. The van der Waals surface area contributed by atoms with Gasteiger partial charge in [-0.2, -0.15) is 0 Å². The van der Waals surface area contributed by atoms with Crippen LogP contribution in [0.1, 0.15) is 29.6 Å². The van der Waals surface area contributed by atoms with E-state index in [1.807, 2.05) is 0 Å². The maximum absolute atomic E-state index is 11.7. The summed E-state index contributed by atoms with van der Waals surface area (Å²) in [6, 6.07) is 1.45. The van der Waals surface area contributed by atoms with Gasteiger partial charge in [0.2, 0.25) is 0 Å². The zero-order valence-corrected chi connectivity index (χ0v) is 10.7. The number of carbonyl (C=O) groups excluding carboxylic acids is 1. The topological polar surface area (TPSA) is 42.0 Å². The van der Waals surface area contributed by atoms with E-state index in [0.717, 1.165) is 19.3 Å². The minimum atomic E-state index is -0.250. The number of hydrogen-bond acceptors (Lipinski definition) is 2. The SMILES string of the molecule is C#CCCCCNC(=O)c1cc(Cl)ncc1Cl. The zero-order chi connectivity index (χ0) is 12.7. The largest absolute Gasteiger partial charge is 0.352 e. The molecule has 0 atom stereocenters. The number of carbonyl (C=O) groups is 1. The molecule has 1 rings (SSSR count). The Kier molecular flexibility index (Phi) is 5.82. The van der Waals surface area contributed by atoms with E-state index in [1.165, 1.54) is 12.3 Å². The van der Waals surface area contributed by atoms with Gasteiger partial charge >= 0.3 is 0 Å². The minimum Gasteiger partial charge on any atom is -0.352 e. The number of amides is 1. The molecular weight excluding hydrogens is 259 g/mol. The van der Waals surface area contributed by atoms with Crippen LogP contribution in [0.4, 0.5) is 0 Å². The lowest BCUT2D eigenvalue weighted by Crippen LogP contribution is -2.24. The Balaban J connectivity index is 2.47. The second-order valence-corrected chi connectivity index (χ2v) is 4.20. The van der Waals surface area contributed by atoms with Gasteiger partial charge in [-0.15, -0.1) is 12.3 Å². The van der Waals surface area contributed by atoms with Crippen molar-refractivity contribution in [1.29, 1.82) is 0 Å². The Bertz CT molecular complexity index is 441. The van der Waals surface area contributed by atoms with Crippen molar-refractivity contribution in [3.05, 3.63) is 28.0 Å². The summed E-state index contributed by atoms with van der Waals surface area (Å²) in [6.45, 7) is 0.566. The first-order valence-electron chi connectivity index (χ1n) is 5.18. The molecule has 0 spiro atoms. The maximum Gasteiger partial charge on any atom is 0.252 e. The molecule has 0 bridgehead atoms. The minimum absolute atomic E-state index is 0.242. The summed E-state index contributed by atoms with van der Waals surface area (Å²) in [7, 11) is 0. The average Bonchev–Trinajstić information content (AvgIpc) is 2.32. The van der Waals surface area contributed by atoms with Crippen molar-refractivity contribution in [2.75, 3.05) is 6.54 Å². The van der Waals surface area contributed by atoms with Crippen LogP contribution < -0.4 is 5.32 Å². The van der Waals surface area contributed by atoms with E-state index in [2.05, 4.69) is 16.2 Å². The van der Waals surface area contributed by atoms with Crippen molar-refractivity contribution >= 4 is 29.1 Å². The lowest BCUT2D eigenvalue weighted by molar-refractivity contribution is 0.0953. The van der Waals surface area contributed by atoms with Crippen molar-refractivity contribution < 1.29 is 4.79 Å². The number of unbranched alkanes of at least 4 members (excludes halogenated alkanes) is 2. The van der Waals surface area contributed by atoms with Crippen LogP contribution in [0.2, 0.25) is 10.2 Å². The van der Waals surface area contributed by atoms with E-state index in [9.17, 15) is 4.79 Å². The van der Waals surface area contributed by atoms with Crippen molar-refractivity contribution in [3.8, 4) is 12.3 Å². The predicted molar refractivity (Wildman–Crippen MR) is 69.3 cm³/mol. The molecule has 1 N–H and O–H groups in total. The Morgan fingerprint density at radius 3 is 2.94 bits per heavy atom. The first-order chi connectivity index (χ1) is 8.15. The molecule has 0 aliphatic heterocycles. The second-order valence-electron chi connectivity index (χ2n) is 3.40. The molecule has 1 aromatic heterocycles. The van der Waals surface area contributed by atoms with Gasteiger partial charge in [-0.25, -0.2) is 4.98 Å². The molecule has 1 heterocycles. The summed E-state index contributed by atoms with van der Waals surface area (Å²) in [4.78, 5) is 15.5. The molecule has 17 heavy (non-hydrogen) atoms. The van der Waals surface area contributed by atoms with Crippen LogP contribution in [-0.4, -0.2) is 17.4 Å². The van der Waals surface area contributed by atoms with Gasteiger partial charge in [-0.05, 0) is 18.9 Å². The van der Waals surface area contributed by atoms with Crippen molar-refractivity contribution in [2.45, 2.75) is 19.3 Å². The predicted octanol–water partition coefficient (Wildman–Crippen LogP) is 2.92.